The second kappa shape index (κ2) is 5.74. The lowest BCUT2D eigenvalue weighted by molar-refractivity contribution is 0.463. The van der Waals surface area contributed by atoms with Crippen molar-refractivity contribution < 1.29 is 4.74 Å². The SMILES string of the molecule is CCNc1cccc(Oc2cc(C)ccc2Cl)n1. The molecular formula is C14H15ClN2O. The third-order valence-electron chi connectivity index (χ3n) is 2.38. The average molecular weight is 263 g/mol. The van der Waals surface area contributed by atoms with Crippen LogP contribution in [0.5, 0.6) is 11.6 Å². The second-order valence-electron chi connectivity index (χ2n) is 3.93. The van der Waals surface area contributed by atoms with Crippen molar-refractivity contribution in [3.8, 4) is 11.6 Å². The number of rotatable bonds is 4. The van der Waals surface area contributed by atoms with E-state index in [1.54, 1.807) is 6.07 Å². The molecule has 0 radical (unpaired) electrons. The minimum atomic E-state index is 0.529. The van der Waals surface area contributed by atoms with Crippen LogP contribution in [0.4, 0.5) is 5.82 Å². The van der Waals surface area contributed by atoms with Crippen molar-refractivity contribution in [2.75, 3.05) is 11.9 Å². The van der Waals surface area contributed by atoms with Gasteiger partial charge in [0.25, 0.3) is 0 Å². The van der Waals surface area contributed by atoms with Crippen LogP contribution in [0, 0.1) is 6.92 Å². The Morgan fingerprint density at radius 3 is 2.89 bits per heavy atom. The number of benzene rings is 1. The van der Waals surface area contributed by atoms with Crippen LogP contribution in [-0.2, 0) is 0 Å². The molecule has 0 amide bonds. The Hall–Kier alpha value is -1.74. The number of hydrogen-bond donors (Lipinski definition) is 1. The summed E-state index contributed by atoms with van der Waals surface area (Å²) in [6.07, 6.45) is 0. The molecule has 18 heavy (non-hydrogen) atoms. The highest BCUT2D eigenvalue weighted by atomic mass is 35.5. The lowest BCUT2D eigenvalue weighted by atomic mass is 10.2. The number of aryl methyl sites for hydroxylation is 1. The molecule has 0 aliphatic heterocycles. The summed E-state index contributed by atoms with van der Waals surface area (Å²) < 4.78 is 5.69. The second-order valence-corrected chi connectivity index (χ2v) is 4.33. The van der Waals surface area contributed by atoms with Gasteiger partial charge in [0.05, 0.1) is 5.02 Å². The summed E-state index contributed by atoms with van der Waals surface area (Å²) in [6.45, 7) is 4.83. The molecule has 0 spiro atoms. The molecule has 0 aliphatic carbocycles. The number of aromatic nitrogens is 1. The topological polar surface area (TPSA) is 34.1 Å². The van der Waals surface area contributed by atoms with E-state index in [-0.39, 0.29) is 0 Å². The Labute approximate surface area is 112 Å². The van der Waals surface area contributed by atoms with Crippen LogP contribution in [0.1, 0.15) is 12.5 Å². The minimum Gasteiger partial charge on any atom is -0.437 e. The first-order valence-corrected chi connectivity index (χ1v) is 6.22. The van der Waals surface area contributed by atoms with Crippen molar-refractivity contribution >= 4 is 17.4 Å². The van der Waals surface area contributed by atoms with E-state index in [1.165, 1.54) is 0 Å². The maximum absolute atomic E-state index is 6.08. The van der Waals surface area contributed by atoms with E-state index in [0.717, 1.165) is 17.9 Å². The van der Waals surface area contributed by atoms with Crippen LogP contribution >= 0.6 is 11.6 Å². The van der Waals surface area contributed by atoms with E-state index in [1.807, 2.05) is 44.2 Å². The summed E-state index contributed by atoms with van der Waals surface area (Å²) in [5.41, 5.74) is 1.09. The molecule has 3 nitrogen and oxygen atoms in total. The summed E-state index contributed by atoms with van der Waals surface area (Å²) in [7, 11) is 0. The predicted octanol–water partition coefficient (Wildman–Crippen LogP) is 4.27. The molecule has 0 bridgehead atoms. The van der Waals surface area contributed by atoms with Gasteiger partial charge in [-0.05, 0) is 37.6 Å². The molecule has 1 N–H and O–H groups in total. The van der Waals surface area contributed by atoms with E-state index in [4.69, 9.17) is 16.3 Å². The van der Waals surface area contributed by atoms with Crippen molar-refractivity contribution in [3.63, 3.8) is 0 Å². The van der Waals surface area contributed by atoms with Gasteiger partial charge in [-0.2, -0.15) is 4.98 Å². The van der Waals surface area contributed by atoms with Crippen LogP contribution in [0.25, 0.3) is 0 Å². The molecule has 0 unspecified atom stereocenters. The lowest BCUT2D eigenvalue weighted by Crippen LogP contribution is -1.99. The summed E-state index contributed by atoms with van der Waals surface area (Å²) in [5, 5.41) is 3.72. The number of nitrogens with zero attached hydrogens (tertiary/aromatic N) is 1. The highest BCUT2D eigenvalue weighted by Crippen LogP contribution is 2.29. The Kier molecular flexibility index (Phi) is 4.05. The van der Waals surface area contributed by atoms with E-state index in [0.29, 0.717) is 16.7 Å². The monoisotopic (exact) mass is 262 g/mol. The fourth-order valence-electron chi connectivity index (χ4n) is 1.55. The molecule has 0 aliphatic rings. The van der Waals surface area contributed by atoms with E-state index in [2.05, 4.69) is 10.3 Å². The largest absolute Gasteiger partial charge is 0.437 e. The van der Waals surface area contributed by atoms with Crippen molar-refractivity contribution in [2.24, 2.45) is 0 Å². The molecule has 0 saturated carbocycles. The quantitative estimate of drug-likeness (QED) is 0.894. The number of halogens is 1. The van der Waals surface area contributed by atoms with Gasteiger partial charge >= 0.3 is 0 Å². The molecule has 2 rings (SSSR count). The van der Waals surface area contributed by atoms with E-state index >= 15 is 0 Å². The Morgan fingerprint density at radius 1 is 1.28 bits per heavy atom. The molecule has 1 aromatic heterocycles. The Morgan fingerprint density at radius 2 is 2.11 bits per heavy atom. The molecular weight excluding hydrogens is 248 g/mol. The number of hydrogen-bond acceptors (Lipinski definition) is 3. The number of nitrogens with one attached hydrogen (secondary N) is 1. The molecule has 2 aromatic rings. The average Bonchev–Trinajstić information content (AvgIpc) is 2.35. The van der Waals surface area contributed by atoms with Crippen LogP contribution in [0.3, 0.4) is 0 Å². The summed E-state index contributed by atoms with van der Waals surface area (Å²) in [5.74, 6) is 1.94. The van der Waals surface area contributed by atoms with Gasteiger partial charge in [-0.3, -0.25) is 0 Å². The van der Waals surface area contributed by atoms with Crippen molar-refractivity contribution in [1.82, 2.24) is 4.98 Å². The fraction of sp³-hybridized carbons (Fsp3) is 0.214. The standard InChI is InChI=1S/C14H15ClN2O/c1-3-16-13-5-4-6-14(17-13)18-12-9-10(2)7-8-11(12)15/h4-9H,3H2,1-2H3,(H,16,17). The first kappa shape index (κ1) is 12.7. The molecule has 0 saturated heterocycles. The normalized spacial score (nSPS) is 10.2. The molecule has 0 fully saturated rings. The zero-order chi connectivity index (χ0) is 13.0. The first-order chi connectivity index (χ1) is 8.69. The maximum atomic E-state index is 6.08. The van der Waals surface area contributed by atoms with Crippen LogP contribution in [0.15, 0.2) is 36.4 Å². The Bertz CT molecular complexity index is 543. The van der Waals surface area contributed by atoms with Crippen LogP contribution in [0.2, 0.25) is 5.02 Å². The van der Waals surface area contributed by atoms with Crippen LogP contribution < -0.4 is 10.1 Å². The molecule has 1 aromatic carbocycles. The Balaban J connectivity index is 2.22. The maximum Gasteiger partial charge on any atom is 0.221 e. The molecule has 1 heterocycles. The third kappa shape index (κ3) is 3.14. The predicted molar refractivity (Wildman–Crippen MR) is 74.7 cm³/mol. The third-order valence-corrected chi connectivity index (χ3v) is 2.69. The molecule has 0 atom stereocenters. The smallest absolute Gasteiger partial charge is 0.221 e. The van der Waals surface area contributed by atoms with Gasteiger partial charge < -0.3 is 10.1 Å². The van der Waals surface area contributed by atoms with E-state index < -0.39 is 0 Å². The van der Waals surface area contributed by atoms with Gasteiger partial charge in [0.2, 0.25) is 5.88 Å². The summed E-state index contributed by atoms with van der Waals surface area (Å²) in [4.78, 5) is 4.34. The summed E-state index contributed by atoms with van der Waals surface area (Å²) in [6, 6.07) is 11.2. The minimum absolute atomic E-state index is 0.529. The van der Waals surface area contributed by atoms with E-state index in [9.17, 15) is 0 Å². The van der Waals surface area contributed by atoms with Gasteiger partial charge in [0, 0.05) is 12.6 Å². The zero-order valence-electron chi connectivity index (χ0n) is 10.4. The van der Waals surface area contributed by atoms with Gasteiger partial charge in [-0.25, -0.2) is 0 Å². The zero-order valence-corrected chi connectivity index (χ0v) is 11.2. The molecule has 4 heteroatoms. The van der Waals surface area contributed by atoms with Gasteiger partial charge in [-0.15, -0.1) is 0 Å². The van der Waals surface area contributed by atoms with Crippen LogP contribution in [-0.4, -0.2) is 11.5 Å². The number of pyridine rings is 1. The number of anilines is 1. The van der Waals surface area contributed by atoms with Crippen molar-refractivity contribution in [3.05, 3.63) is 47.0 Å². The first-order valence-electron chi connectivity index (χ1n) is 5.84. The van der Waals surface area contributed by atoms with Gasteiger partial charge in [0.15, 0.2) is 0 Å². The lowest BCUT2D eigenvalue weighted by Gasteiger charge is -2.09. The highest BCUT2D eigenvalue weighted by molar-refractivity contribution is 6.32. The van der Waals surface area contributed by atoms with Gasteiger partial charge in [-0.1, -0.05) is 23.7 Å². The highest BCUT2D eigenvalue weighted by Gasteiger charge is 2.05. The van der Waals surface area contributed by atoms with Crippen molar-refractivity contribution in [2.45, 2.75) is 13.8 Å². The van der Waals surface area contributed by atoms with Gasteiger partial charge in [0.1, 0.15) is 11.6 Å². The molecule has 94 valence electrons. The fourth-order valence-corrected chi connectivity index (χ4v) is 1.71. The summed E-state index contributed by atoms with van der Waals surface area (Å²) >= 11 is 6.08. The number of ether oxygens (including phenoxy) is 1. The van der Waals surface area contributed by atoms with Crippen molar-refractivity contribution in [1.29, 1.82) is 0 Å².